The number of esters is 1. The van der Waals surface area contributed by atoms with E-state index >= 15 is 0 Å². The maximum atomic E-state index is 13.8. The highest BCUT2D eigenvalue weighted by atomic mass is 19.1. The molecule has 106 valence electrons. The third kappa shape index (κ3) is 3.80. The van der Waals surface area contributed by atoms with Crippen LogP contribution < -0.4 is 5.73 Å². The zero-order valence-electron chi connectivity index (χ0n) is 11.2. The standard InChI is InChI=1S/C16H13FN2O2/c17-16-12(9-18)2-1-3-13(16)10-21-15(20)8-11-4-6-14(19)7-5-11/h1-7H,8,10,19H2. The summed E-state index contributed by atoms with van der Waals surface area (Å²) in [6, 6.07) is 13.0. The molecule has 0 aliphatic heterocycles. The van der Waals surface area contributed by atoms with Crippen LogP contribution in [0.2, 0.25) is 0 Å². The smallest absolute Gasteiger partial charge is 0.310 e. The number of benzene rings is 2. The van der Waals surface area contributed by atoms with Crippen molar-refractivity contribution in [3.05, 3.63) is 65.0 Å². The lowest BCUT2D eigenvalue weighted by molar-refractivity contribution is -0.144. The van der Waals surface area contributed by atoms with Crippen LogP contribution in [0.3, 0.4) is 0 Å². The predicted molar refractivity (Wildman–Crippen MR) is 75.5 cm³/mol. The molecule has 0 amide bonds. The van der Waals surface area contributed by atoms with E-state index in [0.29, 0.717) is 5.69 Å². The molecule has 0 radical (unpaired) electrons. The molecule has 4 nitrogen and oxygen atoms in total. The minimum absolute atomic E-state index is 0.0675. The van der Waals surface area contributed by atoms with E-state index in [1.54, 1.807) is 36.4 Å². The summed E-state index contributed by atoms with van der Waals surface area (Å²) < 4.78 is 18.8. The Morgan fingerprint density at radius 2 is 1.95 bits per heavy atom. The Hall–Kier alpha value is -2.87. The molecule has 21 heavy (non-hydrogen) atoms. The van der Waals surface area contributed by atoms with Gasteiger partial charge in [-0.3, -0.25) is 4.79 Å². The summed E-state index contributed by atoms with van der Waals surface area (Å²) in [5, 5.41) is 8.73. The number of ether oxygens (including phenoxy) is 1. The number of hydrogen-bond acceptors (Lipinski definition) is 4. The number of nitrogen functional groups attached to an aromatic ring is 1. The van der Waals surface area contributed by atoms with Gasteiger partial charge in [-0.05, 0) is 23.8 Å². The molecule has 0 aromatic heterocycles. The first-order valence-corrected chi connectivity index (χ1v) is 6.27. The molecule has 0 heterocycles. The van der Waals surface area contributed by atoms with Crippen molar-refractivity contribution in [3.63, 3.8) is 0 Å². The van der Waals surface area contributed by atoms with Crippen molar-refractivity contribution in [1.29, 1.82) is 5.26 Å². The van der Waals surface area contributed by atoms with Gasteiger partial charge in [-0.1, -0.05) is 24.3 Å². The second-order valence-electron chi connectivity index (χ2n) is 4.47. The Morgan fingerprint density at radius 1 is 1.24 bits per heavy atom. The lowest BCUT2D eigenvalue weighted by Crippen LogP contribution is -2.09. The Balaban J connectivity index is 1.95. The summed E-state index contributed by atoms with van der Waals surface area (Å²) in [7, 11) is 0. The fraction of sp³-hybridized carbons (Fsp3) is 0.125. The molecule has 0 saturated carbocycles. The van der Waals surface area contributed by atoms with Crippen molar-refractivity contribution in [2.75, 3.05) is 5.73 Å². The number of anilines is 1. The Morgan fingerprint density at radius 3 is 2.62 bits per heavy atom. The molecule has 0 fully saturated rings. The number of nitriles is 1. The van der Waals surface area contributed by atoms with Crippen LogP contribution in [0.5, 0.6) is 0 Å². The minimum Gasteiger partial charge on any atom is -0.460 e. The van der Waals surface area contributed by atoms with Gasteiger partial charge in [0.05, 0.1) is 12.0 Å². The van der Waals surface area contributed by atoms with Gasteiger partial charge in [0.2, 0.25) is 0 Å². The SMILES string of the molecule is N#Cc1cccc(COC(=O)Cc2ccc(N)cc2)c1F. The van der Waals surface area contributed by atoms with Crippen LogP contribution in [0, 0.1) is 17.1 Å². The molecule has 2 aromatic carbocycles. The largest absolute Gasteiger partial charge is 0.460 e. The van der Waals surface area contributed by atoms with E-state index < -0.39 is 11.8 Å². The summed E-state index contributed by atoms with van der Waals surface area (Å²) in [6.07, 6.45) is 0.0832. The molecule has 0 aliphatic rings. The van der Waals surface area contributed by atoms with Crippen molar-refractivity contribution in [1.82, 2.24) is 0 Å². The second-order valence-corrected chi connectivity index (χ2v) is 4.47. The molecule has 2 rings (SSSR count). The molecule has 0 atom stereocenters. The van der Waals surface area contributed by atoms with Gasteiger partial charge in [0, 0.05) is 11.3 Å². The number of nitrogens with zero attached hydrogens (tertiary/aromatic N) is 1. The Kier molecular flexibility index (Phi) is 4.52. The topological polar surface area (TPSA) is 76.1 Å². The molecular weight excluding hydrogens is 271 g/mol. The van der Waals surface area contributed by atoms with Gasteiger partial charge in [-0.15, -0.1) is 0 Å². The minimum atomic E-state index is -0.653. The molecule has 2 aromatic rings. The predicted octanol–water partition coefficient (Wildman–Crippen LogP) is 2.57. The monoisotopic (exact) mass is 284 g/mol. The van der Waals surface area contributed by atoms with E-state index in [1.165, 1.54) is 12.1 Å². The van der Waals surface area contributed by atoms with E-state index in [-0.39, 0.29) is 24.2 Å². The number of hydrogen-bond donors (Lipinski definition) is 1. The summed E-state index contributed by atoms with van der Waals surface area (Å²) >= 11 is 0. The zero-order valence-corrected chi connectivity index (χ0v) is 11.2. The third-order valence-electron chi connectivity index (χ3n) is 2.92. The quantitative estimate of drug-likeness (QED) is 0.691. The van der Waals surface area contributed by atoms with Crippen LogP contribution in [0.25, 0.3) is 0 Å². The number of nitrogens with two attached hydrogens (primary N) is 1. The van der Waals surface area contributed by atoms with Crippen molar-refractivity contribution < 1.29 is 13.9 Å². The highest BCUT2D eigenvalue weighted by Crippen LogP contribution is 2.14. The highest BCUT2D eigenvalue weighted by Gasteiger charge is 2.10. The zero-order chi connectivity index (χ0) is 15.2. The van der Waals surface area contributed by atoms with Crippen molar-refractivity contribution in [2.24, 2.45) is 0 Å². The summed E-state index contributed by atoms with van der Waals surface area (Å²) in [4.78, 5) is 11.7. The molecule has 0 bridgehead atoms. The average Bonchev–Trinajstić information content (AvgIpc) is 2.48. The number of rotatable bonds is 4. The molecule has 0 spiro atoms. The van der Waals surface area contributed by atoms with Crippen LogP contribution in [-0.4, -0.2) is 5.97 Å². The second kappa shape index (κ2) is 6.53. The average molecular weight is 284 g/mol. The van der Waals surface area contributed by atoms with Crippen LogP contribution >= 0.6 is 0 Å². The molecule has 0 unspecified atom stereocenters. The van der Waals surface area contributed by atoms with Crippen LogP contribution in [0.15, 0.2) is 42.5 Å². The summed E-state index contributed by atoms with van der Waals surface area (Å²) in [6.45, 7) is -0.199. The van der Waals surface area contributed by atoms with Gasteiger partial charge in [0.15, 0.2) is 0 Å². The van der Waals surface area contributed by atoms with E-state index in [9.17, 15) is 9.18 Å². The first-order chi connectivity index (χ1) is 10.1. The lowest BCUT2D eigenvalue weighted by Gasteiger charge is -2.07. The van der Waals surface area contributed by atoms with E-state index in [2.05, 4.69) is 0 Å². The molecule has 0 saturated heterocycles. The van der Waals surface area contributed by atoms with Gasteiger partial charge < -0.3 is 10.5 Å². The van der Waals surface area contributed by atoms with Crippen molar-refractivity contribution in [3.8, 4) is 6.07 Å². The van der Waals surface area contributed by atoms with Crippen LogP contribution in [-0.2, 0) is 22.6 Å². The molecule has 0 aliphatic carbocycles. The normalized spacial score (nSPS) is 9.90. The maximum absolute atomic E-state index is 13.8. The van der Waals surface area contributed by atoms with Crippen LogP contribution in [0.1, 0.15) is 16.7 Å². The van der Waals surface area contributed by atoms with Crippen LogP contribution in [0.4, 0.5) is 10.1 Å². The van der Waals surface area contributed by atoms with E-state index in [1.807, 2.05) is 0 Å². The fourth-order valence-corrected chi connectivity index (χ4v) is 1.79. The van der Waals surface area contributed by atoms with Crippen molar-refractivity contribution >= 4 is 11.7 Å². The van der Waals surface area contributed by atoms with E-state index in [0.717, 1.165) is 5.56 Å². The van der Waals surface area contributed by atoms with Gasteiger partial charge in [-0.2, -0.15) is 5.26 Å². The Bertz CT molecular complexity index is 690. The first kappa shape index (κ1) is 14.5. The van der Waals surface area contributed by atoms with Gasteiger partial charge in [0.1, 0.15) is 18.5 Å². The van der Waals surface area contributed by atoms with Gasteiger partial charge >= 0.3 is 5.97 Å². The fourth-order valence-electron chi connectivity index (χ4n) is 1.79. The number of carbonyl (C=O) groups is 1. The highest BCUT2D eigenvalue weighted by molar-refractivity contribution is 5.72. The molecule has 5 heteroatoms. The van der Waals surface area contributed by atoms with Gasteiger partial charge in [0.25, 0.3) is 0 Å². The maximum Gasteiger partial charge on any atom is 0.310 e. The van der Waals surface area contributed by atoms with Crippen molar-refractivity contribution in [2.45, 2.75) is 13.0 Å². The first-order valence-electron chi connectivity index (χ1n) is 6.27. The lowest BCUT2D eigenvalue weighted by atomic mass is 10.1. The number of carbonyl (C=O) groups excluding carboxylic acids is 1. The molecule has 2 N–H and O–H groups in total. The number of halogens is 1. The van der Waals surface area contributed by atoms with E-state index in [4.69, 9.17) is 15.7 Å². The third-order valence-corrected chi connectivity index (χ3v) is 2.92. The Labute approximate surface area is 121 Å². The summed E-state index contributed by atoms with van der Waals surface area (Å²) in [5.74, 6) is -1.12. The molecular formula is C16H13FN2O2. The summed E-state index contributed by atoms with van der Waals surface area (Å²) in [5.41, 5.74) is 7.04. The van der Waals surface area contributed by atoms with Gasteiger partial charge in [-0.25, -0.2) is 4.39 Å².